The lowest BCUT2D eigenvalue weighted by Gasteiger charge is -2.31. The first-order valence-corrected chi connectivity index (χ1v) is 8.34. The van der Waals surface area contributed by atoms with Crippen molar-refractivity contribution in [3.63, 3.8) is 0 Å². The van der Waals surface area contributed by atoms with Crippen LogP contribution >= 0.6 is 0 Å². The van der Waals surface area contributed by atoms with Gasteiger partial charge in [0.25, 0.3) is 5.91 Å². The normalized spacial score (nSPS) is 15.2. The standard InChI is InChI=1S/C18H20N2O5/c1-2-24-18(23)20-9-7-12(8-10-20)19-17(22)16-11-14(21)13-5-3-4-6-15(13)25-16/h3-6,11-12H,2,7-10H2,1H3,(H,19,22). The number of benzene rings is 1. The minimum absolute atomic E-state index is 0.00322. The Morgan fingerprint density at radius 2 is 2.00 bits per heavy atom. The Kier molecular flexibility index (Phi) is 5.02. The van der Waals surface area contributed by atoms with Crippen LogP contribution in [0.5, 0.6) is 0 Å². The van der Waals surface area contributed by atoms with Gasteiger partial charge in [-0.05, 0) is 31.9 Å². The average Bonchev–Trinajstić information content (AvgIpc) is 2.62. The number of nitrogens with zero attached hydrogens (tertiary/aromatic N) is 1. The van der Waals surface area contributed by atoms with E-state index in [1.54, 1.807) is 36.1 Å². The van der Waals surface area contributed by atoms with Crippen molar-refractivity contribution in [2.75, 3.05) is 19.7 Å². The Hall–Kier alpha value is -2.83. The maximum Gasteiger partial charge on any atom is 0.409 e. The lowest BCUT2D eigenvalue weighted by molar-refractivity contribution is 0.0841. The van der Waals surface area contributed by atoms with E-state index < -0.39 is 5.91 Å². The summed E-state index contributed by atoms with van der Waals surface area (Å²) in [6.45, 7) is 3.15. The molecule has 0 spiro atoms. The molecule has 0 unspecified atom stereocenters. The molecule has 1 saturated heterocycles. The van der Waals surface area contributed by atoms with Gasteiger partial charge in [-0.15, -0.1) is 0 Å². The summed E-state index contributed by atoms with van der Waals surface area (Å²) in [5.74, 6) is -0.422. The summed E-state index contributed by atoms with van der Waals surface area (Å²) in [7, 11) is 0. The van der Waals surface area contributed by atoms with Crippen LogP contribution in [0.2, 0.25) is 0 Å². The van der Waals surface area contributed by atoms with Gasteiger partial charge in [0, 0.05) is 25.2 Å². The lowest BCUT2D eigenvalue weighted by atomic mass is 10.1. The summed E-state index contributed by atoms with van der Waals surface area (Å²) in [6, 6.07) is 7.95. The van der Waals surface area contributed by atoms with E-state index in [-0.39, 0.29) is 23.3 Å². The second kappa shape index (κ2) is 7.38. The Morgan fingerprint density at radius 1 is 1.28 bits per heavy atom. The third kappa shape index (κ3) is 3.81. The van der Waals surface area contributed by atoms with E-state index in [1.807, 2.05) is 0 Å². The molecule has 0 bridgehead atoms. The first-order chi connectivity index (χ1) is 12.1. The van der Waals surface area contributed by atoms with Crippen LogP contribution < -0.4 is 10.7 Å². The third-order valence-corrected chi connectivity index (χ3v) is 4.21. The van der Waals surface area contributed by atoms with Gasteiger partial charge >= 0.3 is 6.09 Å². The van der Waals surface area contributed by atoms with Gasteiger partial charge in [-0.3, -0.25) is 9.59 Å². The molecular formula is C18H20N2O5. The minimum atomic E-state index is -0.419. The van der Waals surface area contributed by atoms with Gasteiger partial charge in [-0.25, -0.2) is 4.79 Å². The summed E-state index contributed by atoms with van der Waals surface area (Å²) in [6.07, 6.45) is 0.929. The van der Waals surface area contributed by atoms with Gasteiger partial charge < -0.3 is 19.4 Å². The first-order valence-electron chi connectivity index (χ1n) is 8.34. The number of amides is 2. The summed E-state index contributed by atoms with van der Waals surface area (Å²) in [5, 5.41) is 3.31. The van der Waals surface area contributed by atoms with Gasteiger partial charge in [-0.1, -0.05) is 12.1 Å². The van der Waals surface area contributed by atoms with Crippen molar-refractivity contribution >= 4 is 23.0 Å². The second-order valence-corrected chi connectivity index (χ2v) is 5.90. The molecule has 2 aromatic rings. The zero-order valence-electron chi connectivity index (χ0n) is 14.0. The fourth-order valence-corrected chi connectivity index (χ4v) is 2.89. The molecule has 2 heterocycles. The Balaban J connectivity index is 1.64. The number of piperidine rings is 1. The highest BCUT2D eigenvalue weighted by Gasteiger charge is 2.25. The van der Waals surface area contributed by atoms with Gasteiger partial charge in [-0.2, -0.15) is 0 Å². The van der Waals surface area contributed by atoms with Crippen LogP contribution in [0.25, 0.3) is 11.0 Å². The molecule has 0 atom stereocenters. The Morgan fingerprint density at radius 3 is 2.72 bits per heavy atom. The molecule has 3 rings (SSSR count). The van der Waals surface area contributed by atoms with E-state index >= 15 is 0 Å². The summed E-state index contributed by atoms with van der Waals surface area (Å²) in [4.78, 5) is 37.8. The van der Waals surface area contributed by atoms with Crippen LogP contribution in [0.4, 0.5) is 4.79 Å². The summed E-state index contributed by atoms with van der Waals surface area (Å²) in [5.41, 5.74) is 0.140. The molecule has 7 heteroatoms. The quantitative estimate of drug-likeness (QED) is 0.921. The fraction of sp³-hybridized carbons (Fsp3) is 0.389. The summed E-state index contributed by atoms with van der Waals surface area (Å²) < 4.78 is 10.5. The molecule has 132 valence electrons. The molecule has 0 radical (unpaired) electrons. The van der Waals surface area contributed by atoms with Crippen LogP contribution in [0, 0.1) is 0 Å². The Bertz CT molecular complexity index is 837. The number of likely N-dealkylation sites (tertiary alicyclic amines) is 1. The zero-order valence-corrected chi connectivity index (χ0v) is 14.0. The Labute approximate surface area is 144 Å². The van der Waals surface area contributed by atoms with E-state index in [1.165, 1.54) is 6.07 Å². The van der Waals surface area contributed by atoms with Crippen molar-refractivity contribution in [3.8, 4) is 0 Å². The first kappa shape index (κ1) is 17.0. The SMILES string of the molecule is CCOC(=O)N1CCC(NC(=O)c2cc(=O)c3ccccc3o2)CC1. The number of ether oxygens (including phenoxy) is 1. The number of nitrogens with one attached hydrogen (secondary N) is 1. The molecule has 1 N–H and O–H groups in total. The number of carbonyl (C=O) groups is 2. The van der Waals surface area contributed by atoms with Crippen molar-refractivity contribution in [1.29, 1.82) is 0 Å². The van der Waals surface area contributed by atoms with E-state index in [0.29, 0.717) is 43.5 Å². The van der Waals surface area contributed by atoms with Gasteiger partial charge in [0.1, 0.15) is 5.58 Å². The number of fused-ring (bicyclic) bond motifs is 1. The van der Waals surface area contributed by atoms with Crippen LogP contribution in [0.1, 0.15) is 30.3 Å². The molecule has 25 heavy (non-hydrogen) atoms. The molecule has 1 aliphatic rings. The van der Waals surface area contributed by atoms with Crippen molar-refractivity contribution < 1.29 is 18.7 Å². The second-order valence-electron chi connectivity index (χ2n) is 5.90. The highest BCUT2D eigenvalue weighted by atomic mass is 16.6. The van der Waals surface area contributed by atoms with E-state index in [4.69, 9.17) is 9.15 Å². The maximum atomic E-state index is 12.4. The van der Waals surface area contributed by atoms with Gasteiger partial charge in [0.2, 0.25) is 0 Å². The minimum Gasteiger partial charge on any atom is -0.451 e. The predicted octanol–water partition coefficient (Wildman–Crippen LogP) is 2.14. The zero-order chi connectivity index (χ0) is 17.8. The molecule has 1 aromatic carbocycles. The number of para-hydroxylation sites is 1. The molecule has 1 aromatic heterocycles. The molecule has 1 aliphatic heterocycles. The number of carbonyl (C=O) groups excluding carboxylic acids is 2. The number of hydrogen-bond acceptors (Lipinski definition) is 5. The average molecular weight is 344 g/mol. The number of hydrogen-bond donors (Lipinski definition) is 1. The van der Waals surface area contributed by atoms with Crippen molar-refractivity contribution in [3.05, 3.63) is 46.3 Å². The number of rotatable bonds is 3. The van der Waals surface area contributed by atoms with Crippen LogP contribution in [-0.4, -0.2) is 42.6 Å². The molecule has 0 saturated carbocycles. The third-order valence-electron chi connectivity index (χ3n) is 4.21. The molecular weight excluding hydrogens is 324 g/mol. The largest absolute Gasteiger partial charge is 0.451 e. The van der Waals surface area contributed by atoms with E-state index in [2.05, 4.69) is 5.32 Å². The molecule has 1 fully saturated rings. The topological polar surface area (TPSA) is 88.9 Å². The van der Waals surface area contributed by atoms with Crippen LogP contribution in [-0.2, 0) is 4.74 Å². The fourth-order valence-electron chi connectivity index (χ4n) is 2.89. The summed E-state index contributed by atoms with van der Waals surface area (Å²) >= 11 is 0. The highest BCUT2D eigenvalue weighted by Crippen LogP contribution is 2.14. The lowest BCUT2D eigenvalue weighted by Crippen LogP contribution is -2.46. The monoisotopic (exact) mass is 344 g/mol. The molecule has 7 nitrogen and oxygen atoms in total. The van der Waals surface area contributed by atoms with Crippen LogP contribution in [0.3, 0.4) is 0 Å². The smallest absolute Gasteiger partial charge is 0.409 e. The van der Waals surface area contributed by atoms with E-state index in [0.717, 1.165) is 0 Å². The van der Waals surface area contributed by atoms with Gasteiger partial charge in [0.05, 0.1) is 12.0 Å². The molecule has 0 aliphatic carbocycles. The van der Waals surface area contributed by atoms with Crippen molar-refractivity contribution in [2.24, 2.45) is 0 Å². The highest BCUT2D eigenvalue weighted by molar-refractivity contribution is 5.93. The van der Waals surface area contributed by atoms with E-state index in [9.17, 15) is 14.4 Å². The van der Waals surface area contributed by atoms with Crippen LogP contribution in [0.15, 0.2) is 39.5 Å². The maximum absolute atomic E-state index is 12.4. The van der Waals surface area contributed by atoms with Crippen molar-refractivity contribution in [2.45, 2.75) is 25.8 Å². The van der Waals surface area contributed by atoms with Gasteiger partial charge in [0.15, 0.2) is 11.2 Å². The van der Waals surface area contributed by atoms with Crippen molar-refractivity contribution in [1.82, 2.24) is 10.2 Å². The molecule has 2 amide bonds. The predicted molar refractivity (Wildman–Crippen MR) is 91.6 cm³/mol.